The zero-order valence-electron chi connectivity index (χ0n) is 17.9. The van der Waals surface area contributed by atoms with Crippen LogP contribution in [0.3, 0.4) is 0 Å². The van der Waals surface area contributed by atoms with Gasteiger partial charge in [0, 0.05) is 25.6 Å². The molecule has 0 unspecified atom stereocenters. The van der Waals surface area contributed by atoms with Gasteiger partial charge in [-0.25, -0.2) is 8.42 Å². The van der Waals surface area contributed by atoms with E-state index >= 15 is 0 Å². The van der Waals surface area contributed by atoms with Crippen LogP contribution in [0, 0.1) is 0 Å². The van der Waals surface area contributed by atoms with E-state index in [2.05, 4.69) is 10.2 Å². The van der Waals surface area contributed by atoms with Crippen LogP contribution >= 0.6 is 0 Å². The number of benzene rings is 1. The van der Waals surface area contributed by atoms with E-state index in [1.165, 1.54) is 4.31 Å². The first kappa shape index (κ1) is 22.0. The van der Waals surface area contributed by atoms with Crippen LogP contribution in [0.25, 0.3) is 0 Å². The summed E-state index contributed by atoms with van der Waals surface area (Å²) < 4.78 is 32.5. The molecule has 2 aromatic rings. The van der Waals surface area contributed by atoms with E-state index in [1.54, 1.807) is 6.92 Å². The van der Waals surface area contributed by atoms with E-state index in [9.17, 15) is 13.2 Å². The highest BCUT2D eigenvalue weighted by Gasteiger charge is 2.36. The average molecular weight is 447 g/mol. The second kappa shape index (κ2) is 9.48. The average Bonchev–Trinajstić information content (AvgIpc) is 3.30. The number of nitrogens with zero attached hydrogens (tertiary/aromatic N) is 4. The fraction of sp³-hybridized carbons (Fsp3) is 0.591. The van der Waals surface area contributed by atoms with Crippen LogP contribution in [0.4, 0.5) is 0 Å². The number of likely N-dealkylation sites (tertiary alicyclic amines) is 1. The second-order valence-electron chi connectivity index (χ2n) is 8.32. The van der Waals surface area contributed by atoms with E-state index in [-0.39, 0.29) is 23.6 Å². The molecule has 0 spiro atoms. The van der Waals surface area contributed by atoms with Gasteiger partial charge in [0.05, 0.1) is 12.2 Å². The van der Waals surface area contributed by atoms with Crippen LogP contribution in [-0.4, -0.2) is 59.1 Å². The minimum Gasteiger partial charge on any atom is -0.423 e. The maximum Gasteiger partial charge on any atom is 0.234 e. The highest BCUT2D eigenvalue weighted by atomic mass is 32.2. The topological polar surface area (TPSA) is 96.6 Å². The number of sulfonamides is 1. The van der Waals surface area contributed by atoms with Crippen molar-refractivity contribution in [3.05, 3.63) is 47.7 Å². The smallest absolute Gasteiger partial charge is 0.234 e. The van der Waals surface area contributed by atoms with E-state index < -0.39 is 10.0 Å². The van der Waals surface area contributed by atoms with E-state index in [1.807, 2.05) is 35.2 Å². The molecule has 0 radical (unpaired) electrons. The van der Waals surface area contributed by atoms with Gasteiger partial charge in [-0.05, 0) is 38.2 Å². The minimum atomic E-state index is -3.32. The summed E-state index contributed by atoms with van der Waals surface area (Å²) in [5.74, 6) is 1.26. The maximum absolute atomic E-state index is 12.6. The highest BCUT2D eigenvalue weighted by Crippen LogP contribution is 2.35. The zero-order valence-corrected chi connectivity index (χ0v) is 18.8. The molecule has 0 aliphatic carbocycles. The van der Waals surface area contributed by atoms with Gasteiger partial charge >= 0.3 is 0 Å². The van der Waals surface area contributed by atoms with Crippen LogP contribution in [0.15, 0.2) is 34.7 Å². The number of carbonyl (C=O) groups is 1. The van der Waals surface area contributed by atoms with Crippen molar-refractivity contribution in [3.8, 4) is 0 Å². The van der Waals surface area contributed by atoms with Gasteiger partial charge in [0.1, 0.15) is 6.04 Å². The number of carbonyl (C=O) groups excluding carboxylic acids is 1. The van der Waals surface area contributed by atoms with E-state index in [0.717, 1.165) is 31.2 Å². The molecule has 0 bridgehead atoms. The molecule has 31 heavy (non-hydrogen) atoms. The van der Waals surface area contributed by atoms with Crippen LogP contribution in [0.1, 0.15) is 68.3 Å². The molecule has 168 valence electrons. The lowest BCUT2D eigenvalue weighted by molar-refractivity contribution is -0.131. The third kappa shape index (κ3) is 4.98. The van der Waals surface area contributed by atoms with Gasteiger partial charge in [-0.2, -0.15) is 4.31 Å². The van der Waals surface area contributed by atoms with Gasteiger partial charge in [-0.15, -0.1) is 10.2 Å². The Morgan fingerprint density at radius 2 is 1.74 bits per heavy atom. The Morgan fingerprint density at radius 3 is 2.45 bits per heavy atom. The summed E-state index contributed by atoms with van der Waals surface area (Å²) in [6, 6.07) is 9.41. The summed E-state index contributed by atoms with van der Waals surface area (Å²) in [7, 11) is -3.32. The van der Waals surface area contributed by atoms with E-state index in [0.29, 0.717) is 44.3 Å². The Labute approximate surface area is 183 Å². The lowest BCUT2D eigenvalue weighted by atomic mass is 9.96. The summed E-state index contributed by atoms with van der Waals surface area (Å²) in [4.78, 5) is 14.5. The molecule has 2 aliphatic rings. The normalized spacial score (nSPS) is 21.3. The molecule has 0 saturated carbocycles. The molecule has 9 heteroatoms. The summed E-state index contributed by atoms with van der Waals surface area (Å²) >= 11 is 0. The van der Waals surface area contributed by atoms with Gasteiger partial charge < -0.3 is 9.32 Å². The fourth-order valence-electron chi connectivity index (χ4n) is 4.45. The van der Waals surface area contributed by atoms with E-state index in [4.69, 9.17) is 4.42 Å². The third-order valence-electron chi connectivity index (χ3n) is 6.31. The molecule has 2 fully saturated rings. The maximum atomic E-state index is 12.6. The second-order valence-corrected chi connectivity index (χ2v) is 10.5. The molecule has 2 saturated heterocycles. The van der Waals surface area contributed by atoms with Crippen molar-refractivity contribution in [3.63, 3.8) is 0 Å². The number of hydrogen-bond acceptors (Lipinski definition) is 6. The summed E-state index contributed by atoms with van der Waals surface area (Å²) in [5, 5.41) is 8.47. The number of amides is 1. The van der Waals surface area contributed by atoms with Gasteiger partial charge in [0.25, 0.3) is 0 Å². The summed E-state index contributed by atoms with van der Waals surface area (Å²) in [6.07, 6.45) is 4.45. The van der Waals surface area contributed by atoms with Crippen molar-refractivity contribution >= 4 is 15.9 Å². The Bertz CT molecular complexity index is 984. The molecule has 1 amide bonds. The lowest BCUT2D eigenvalue weighted by Gasteiger charge is -2.32. The van der Waals surface area contributed by atoms with Gasteiger partial charge in [-0.1, -0.05) is 36.8 Å². The van der Waals surface area contributed by atoms with Crippen molar-refractivity contribution in [2.24, 2.45) is 0 Å². The Kier molecular flexibility index (Phi) is 6.71. The van der Waals surface area contributed by atoms with Gasteiger partial charge in [-0.3, -0.25) is 4.79 Å². The quantitative estimate of drug-likeness (QED) is 0.677. The van der Waals surface area contributed by atoms with Crippen LogP contribution in [0.2, 0.25) is 0 Å². The monoisotopic (exact) mass is 446 g/mol. The first-order chi connectivity index (χ1) is 15.0. The Hall–Kier alpha value is -2.26. The molecule has 1 aromatic carbocycles. The van der Waals surface area contributed by atoms with Gasteiger partial charge in [0.2, 0.25) is 27.7 Å². The number of piperidine rings is 2. The van der Waals surface area contributed by atoms with Crippen molar-refractivity contribution < 1.29 is 17.6 Å². The van der Waals surface area contributed by atoms with Crippen LogP contribution in [0.5, 0.6) is 0 Å². The highest BCUT2D eigenvalue weighted by molar-refractivity contribution is 7.89. The first-order valence-electron chi connectivity index (χ1n) is 11.1. The first-order valence-corrected chi connectivity index (χ1v) is 12.7. The zero-order chi connectivity index (χ0) is 21.8. The van der Waals surface area contributed by atoms with Crippen molar-refractivity contribution in [1.29, 1.82) is 0 Å². The number of rotatable bonds is 6. The Balaban J connectivity index is 1.37. The molecule has 1 atom stereocenters. The number of aromatic nitrogens is 2. The molecule has 8 nitrogen and oxygen atoms in total. The van der Waals surface area contributed by atoms with Crippen molar-refractivity contribution in [2.45, 2.75) is 57.4 Å². The molecule has 4 rings (SSSR count). The van der Waals surface area contributed by atoms with Crippen LogP contribution in [-0.2, 0) is 21.2 Å². The molecular formula is C22H30N4O4S. The predicted octanol–water partition coefficient (Wildman–Crippen LogP) is 2.90. The molecule has 0 N–H and O–H groups in total. The summed E-state index contributed by atoms with van der Waals surface area (Å²) in [5.41, 5.74) is 1.02. The SMILES string of the molecule is CCS(=O)(=O)N1CCCC[C@H]1c1nnc(C2CCN(C(=O)Cc3ccccc3)CC2)o1. The lowest BCUT2D eigenvalue weighted by Crippen LogP contribution is -2.39. The third-order valence-corrected chi connectivity index (χ3v) is 8.19. The molecule has 1 aromatic heterocycles. The van der Waals surface area contributed by atoms with Crippen molar-refractivity contribution in [1.82, 2.24) is 19.4 Å². The minimum absolute atomic E-state index is 0.0694. The van der Waals surface area contributed by atoms with Crippen molar-refractivity contribution in [2.75, 3.05) is 25.4 Å². The largest absolute Gasteiger partial charge is 0.423 e. The Morgan fingerprint density at radius 1 is 1.03 bits per heavy atom. The molecule has 3 heterocycles. The fourth-order valence-corrected chi connectivity index (χ4v) is 5.78. The molecular weight excluding hydrogens is 416 g/mol. The standard InChI is InChI=1S/C22H30N4O4S/c1-2-31(28,29)26-13-7-6-10-19(26)22-24-23-21(30-22)18-11-14-25(15-12-18)20(27)16-17-8-4-3-5-9-17/h3-5,8-9,18-19H,2,6-7,10-16H2,1H3/t19-/m0/s1. The number of hydrogen-bond donors (Lipinski definition) is 0. The molecule has 2 aliphatic heterocycles. The van der Waals surface area contributed by atoms with Crippen LogP contribution < -0.4 is 0 Å². The summed E-state index contributed by atoms with van der Waals surface area (Å²) in [6.45, 7) is 3.48. The predicted molar refractivity (Wildman–Crippen MR) is 116 cm³/mol. The van der Waals surface area contributed by atoms with Gasteiger partial charge in [0.15, 0.2) is 0 Å².